The van der Waals surface area contributed by atoms with Gasteiger partial charge in [-0.3, -0.25) is 19.1 Å². The lowest BCUT2D eigenvalue weighted by atomic mass is 9.87. The third kappa shape index (κ3) is 9.62. The first kappa shape index (κ1) is 42.1. The predicted molar refractivity (Wildman–Crippen MR) is 207 cm³/mol. The van der Waals surface area contributed by atoms with Gasteiger partial charge in [0.05, 0.1) is 33.1 Å². The van der Waals surface area contributed by atoms with E-state index in [1.165, 1.54) is 4.90 Å². The van der Waals surface area contributed by atoms with Crippen LogP contribution >= 0.6 is 0 Å². The van der Waals surface area contributed by atoms with E-state index in [2.05, 4.69) is 15.0 Å². The van der Waals surface area contributed by atoms with Crippen molar-refractivity contribution in [3.05, 3.63) is 42.6 Å². The van der Waals surface area contributed by atoms with Crippen LogP contribution in [0.5, 0.6) is 11.6 Å². The molecule has 1 aromatic carbocycles. The highest BCUT2D eigenvalue weighted by atomic mass is 32.2. The second-order valence-corrected chi connectivity index (χ2v) is 18.1. The molecule has 2 aromatic rings. The van der Waals surface area contributed by atoms with Crippen LogP contribution in [-0.2, 0) is 33.9 Å². The molecule has 4 aliphatic rings. The number of hydrogen-bond donors (Lipinski definition) is 3. The van der Waals surface area contributed by atoms with Crippen molar-refractivity contribution in [1.82, 2.24) is 19.9 Å². The molecule has 0 bridgehead atoms. The summed E-state index contributed by atoms with van der Waals surface area (Å²) in [5.74, 6) is -1.77. The van der Waals surface area contributed by atoms with Crippen LogP contribution in [0.3, 0.4) is 0 Å². The number of amides is 4. The first-order valence-corrected chi connectivity index (χ1v) is 21.3. The molecule has 2 aliphatic heterocycles. The number of benzene rings is 1. The molecule has 15 nitrogen and oxygen atoms in total. The number of methoxy groups -OCH3 is 1. The van der Waals surface area contributed by atoms with Crippen LogP contribution < -0.4 is 25.2 Å². The van der Waals surface area contributed by atoms with Gasteiger partial charge in [-0.15, -0.1) is 0 Å². The molecule has 17 heteroatoms. The number of alkyl halides is 1. The normalized spacial score (nSPS) is 24.7. The number of allylic oxidation sites excluding steroid dienone is 2. The summed E-state index contributed by atoms with van der Waals surface area (Å²) in [6.07, 6.45) is 8.30. The maximum absolute atomic E-state index is 14.4. The third-order valence-electron chi connectivity index (χ3n) is 11.8. The van der Waals surface area contributed by atoms with Gasteiger partial charge in [-0.05, 0) is 68.8 Å². The van der Waals surface area contributed by atoms with Gasteiger partial charge in [0.25, 0.3) is 0 Å². The van der Waals surface area contributed by atoms with E-state index in [4.69, 9.17) is 24.7 Å². The minimum Gasteiger partial charge on any atom is -0.494 e. The van der Waals surface area contributed by atoms with Crippen LogP contribution in [0.1, 0.15) is 71.6 Å². The van der Waals surface area contributed by atoms with E-state index in [-0.39, 0.29) is 56.8 Å². The average molecular weight is 816 g/mol. The first-order valence-electron chi connectivity index (χ1n) is 19.8. The number of hydrogen-bond acceptors (Lipinski definition) is 11. The van der Waals surface area contributed by atoms with Gasteiger partial charge in [0.1, 0.15) is 35.4 Å². The zero-order valence-corrected chi connectivity index (χ0v) is 33.5. The van der Waals surface area contributed by atoms with Crippen molar-refractivity contribution in [2.75, 3.05) is 33.5 Å². The summed E-state index contributed by atoms with van der Waals surface area (Å²) >= 11 is 0. The summed E-state index contributed by atoms with van der Waals surface area (Å²) in [6, 6.07) is 5.42. The fraction of sp³-hybridized carbons (Fsp3) is 0.625. The molecular formula is C40H54FN5O10S. The number of nitrogens with zero attached hydrogens (tertiary/aromatic N) is 2. The van der Waals surface area contributed by atoms with Crippen molar-refractivity contribution in [3.8, 4) is 11.6 Å². The summed E-state index contributed by atoms with van der Waals surface area (Å²) in [6.45, 7) is 3.47. The lowest BCUT2D eigenvalue weighted by molar-refractivity contribution is -0.140. The highest BCUT2D eigenvalue weighted by molar-refractivity contribution is 7.91. The second-order valence-electron chi connectivity index (χ2n) is 16.1. The largest absolute Gasteiger partial charge is 0.494 e. The number of likely N-dealkylation sites (tertiary alicyclic amines) is 1. The standard InChI is InChI=1S/C40H54FN5O10S/c1-24(9-4-5-10-26-11-8-14-29(26)36(48)45-57(51,52)40(23-41)15-16-40)17-25(2)34(44-39(50)56-28-21-54-22-28)38(49)46-20-27(18-32(46)35(42)47)55-37-31-13-7-6-12-30(31)33(53-3)19-43-37/h5-7,10,12-13,19,24-29,32,34H,4,8-9,11,14-18,20-23H2,1-3H3,(H2,42,47)(H,44,50)(H,45,48)/b10-5-/t24-,25-,26-,27-,29?,32+,34+/m1/s1. The van der Waals surface area contributed by atoms with E-state index in [0.717, 1.165) is 24.6 Å². The van der Waals surface area contributed by atoms with E-state index in [0.29, 0.717) is 36.3 Å². The number of fused-ring (bicyclic) bond motifs is 1. The van der Waals surface area contributed by atoms with Crippen molar-refractivity contribution < 1.29 is 50.9 Å². The Balaban J connectivity index is 1.08. The van der Waals surface area contributed by atoms with Crippen molar-refractivity contribution in [3.63, 3.8) is 0 Å². The van der Waals surface area contributed by atoms with Crippen LogP contribution in [0.4, 0.5) is 9.18 Å². The topological polar surface area (TPSA) is 206 Å². The Bertz CT molecular complexity index is 1940. The number of aromatic nitrogens is 1. The van der Waals surface area contributed by atoms with Gasteiger partial charge < -0.3 is 34.9 Å². The monoisotopic (exact) mass is 815 g/mol. The maximum atomic E-state index is 14.4. The van der Waals surface area contributed by atoms with Crippen LogP contribution in [0.15, 0.2) is 42.6 Å². The van der Waals surface area contributed by atoms with Crippen molar-refractivity contribution in [2.24, 2.45) is 29.4 Å². The molecule has 6 rings (SSSR count). The fourth-order valence-corrected chi connectivity index (χ4v) is 9.60. The average Bonchev–Trinajstić information content (AvgIpc) is 3.65. The number of carbonyl (C=O) groups is 4. The van der Waals surface area contributed by atoms with E-state index in [1.807, 2.05) is 50.3 Å². The molecule has 0 radical (unpaired) electrons. The number of carbonyl (C=O) groups excluding carboxylic acids is 4. The van der Waals surface area contributed by atoms with Gasteiger partial charge in [0.2, 0.25) is 33.6 Å². The van der Waals surface area contributed by atoms with Crippen molar-refractivity contribution in [2.45, 2.75) is 101 Å². The Morgan fingerprint density at radius 1 is 1.12 bits per heavy atom. The van der Waals surface area contributed by atoms with Crippen LogP contribution in [-0.4, -0.2) is 105 Å². The minimum absolute atomic E-state index is 0.0358. The summed E-state index contributed by atoms with van der Waals surface area (Å²) in [4.78, 5) is 58.9. The third-order valence-corrected chi connectivity index (χ3v) is 14.0. The van der Waals surface area contributed by atoms with Gasteiger partial charge in [-0.1, -0.05) is 50.6 Å². The van der Waals surface area contributed by atoms with Crippen LogP contribution in [0.2, 0.25) is 0 Å². The Labute approximate surface area is 332 Å². The summed E-state index contributed by atoms with van der Waals surface area (Å²) in [5.41, 5.74) is 5.83. The minimum atomic E-state index is -4.07. The Hall–Kier alpha value is -4.51. The number of alkyl carbamates (subject to hydrolysis) is 1. The molecule has 0 spiro atoms. The number of primary amides is 1. The van der Waals surface area contributed by atoms with Crippen LogP contribution in [0.25, 0.3) is 10.8 Å². The first-order chi connectivity index (χ1) is 27.3. The number of sulfonamides is 1. The number of nitrogens with one attached hydrogen (secondary N) is 2. The molecule has 4 N–H and O–H groups in total. The molecule has 4 amide bonds. The molecular weight excluding hydrogens is 762 g/mol. The molecule has 3 heterocycles. The van der Waals surface area contributed by atoms with E-state index >= 15 is 0 Å². The lowest BCUT2D eigenvalue weighted by Gasteiger charge is -2.33. The summed E-state index contributed by atoms with van der Waals surface area (Å²) in [7, 11) is -2.52. The molecule has 2 aliphatic carbocycles. The van der Waals surface area contributed by atoms with Crippen molar-refractivity contribution in [1.29, 1.82) is 0 Å². The molecule has 4 fully saturated rings. The Morgan fingerprint density at radius 3 is 2.51 bits per heavy atom. The second kappa shape index (κ2) is 18.0. The highest BCUT2D eigenvalue weighted by Gasteiger charge is 2.56. The lowest BCUT2D eigenvalue weighted by Crippen LogP contribution is -2.56. The molecule has 1 unspecified atom stereocenters. The summed E-state index contributed by atoms with van der Waals surface area (Å²) in [5, 5.41) is 4.27. The zero-order chi connectivity index (χ0) is 40.9. The Morgan fingerprint density at radius 2 is 1.86 bits per heavy atom. The number of ether oxygens (including phenoxy) is 4. The fourth-order valence-electron chi connectivity index (χ4n) is 8.19. The number of halogens is 1. The molecule has 7 atom stereocenters. The van der Waals surface area contributed by atoms with Gasteiger partial charge in [0, 0.05) is 23.1 Å². The SMILES string of the molecule is COc1cnc(O[C@@H]2C[C@@H](C(N)=O)N(C(=O)[C@@H](NC(=O)OC3COC3)[C@H](C)C[C@H](C)CC/C=C\[C@@H]3CCCC3C(=O)NS(=O)(=O)C3(CF)CC3)C2)c2ccccc12. The zero-order valence-electron chi connectivity index (χ0n) is 32.7. The molecule has 1 aromatic heterocycles. The molecule has 2 saturated heterocycles. The van der Waals surface area contributed by atoms with Crippen molar-refractivity contribution >= 4 is 44.6 Å². The van der Waals surface area contributed by atoms with Gasteiger partial charge in [-0.2, -0.15) is 0 Å². The number of rotatable bonds is 18. The van der Waals surface area contributed by atoms with Crippen LogP contribution in [0, 0.1) is 23.7 Å². The van der Waals surface area contributed by atoms with E-state index < -0.39 is 75.5 Å². The molecule has 57 heavy (non-hydrogen) atoms. The number of nitrogens with two attached hydrogens (primary N) is 1. The predicted octanol–water partition coefficient (Wildman–Crippen LogP) is 3.93. The number of pyridine rings is 1. The van der Waals surface area contributed by atoms with E-state index in [9.17, 15) is 32.0 Å². The quantitative estimate of drug-likeness (QED) is 0.184. The smallest absolute Gasteiger partial charge is 0.408 e. The van der Waals surface area contributed by atoms with Gasteiger partial charge in [-0.25, -0.2) is 22.6 Å². The van der Waals surface area contributed by atoms with Gasteiger partial charge >= 0.3 is 6.09 Å². The highest BCUT2D eigenvalue weighted by Crippen LogP contribution is 2.44. The maximum Gasteiger partial charge on any atom is 0.408 e. The van der Waals surface area contributed by atoms with Gasteiger partial charge in [0.15, 0.2) is 6.10 Å². The Kier molecular flexibility index (Phi) is 13.3. The summed E-state index contributed by atoms with van der Waals surface area (Å²) < 4.78 is 61.7. The molecule has 2 saturated carbocycles. The van der Waals surface area contributed by atoms with E-state index in [1.54, 1.807) is 13.3 Å². The molecule has 312 valence electrons.